The third-order valence-corrected chi connectivity index (χ3v) is 5.67. The molecule has 0 saturated heterocycles. The number of anilines is 1. The number of benzene rings is 1. The second-order valence-electron chi connectivity index (χ2n) is 6.25. The number of carbonyl (C=O) groups excluding carboxylic acids is 1. The number of hydrogen-bond acceptors (Lipinski definition) is 4. The highest BCUT2D eigenvalue weighted by Crippen LogP contribution is 2.17. The lowest BCUT2D eigenvalue weighted by atomic mass is 10.1. The van der Waals surface area contributed by atoms with Crippen molar-refractivity contribution in [2.24, 2.45) is 0 Å². The van der Waals surface area contributed by atoms with E-state index in [4.69, 9.17) is 0 Å². The quantitative estimate of drug-likeness (QED) is 0.494. The molecule has 8 heteroatoms. The van der Waals surface area contributed by atoms with Gasteiger partial charge in [0.05, 0.1) is 4.90 Å². The predicted octanol–water partition coefficient (Wildman–Crippen LogP) is 2.66. The van der Waals surface area contributed by atoms with Crippen LogP contribution >= 0.6 is 12.4 Å². The van der Waals surface area contributed by atoms with Crippen molar-refractivity contribution in [2.75, 3.05) is 18.4 Å². The van der Waals surface area contributed by atoms with Gasteiger partial charge in [-0.1, -0.05) is 25.7 Å². The van der Waals surface area contributed by atoms with E-state index < -0.39 is 10.0 Å². The molecule has 3 N–H and O–H groups in total. The number of nitrogens with one attached hydrogen (secondary N) is 3. The van der Waals surface area contributed by atoms with Crippen molar-refractivity contribution < 1.29 is 13.2 Å². The Hall–Kier alpha value is -1.15. The van der Waals surface area contributed by atoms with E-state index >= 15 is 0 Å². The van der Waals surface area contributed by atoms with Crippen LogP contribution in [-0.4, -0.2) is 33.5 Å². The van der Waals surface area contributed by atoms with Gasteiger partial charge in [-0.3, -0.25) is 4.79 Å². The van der Waals surface area contributed by atoms with Crippen molar-refractivity contribution in [3.63, 3.8) is 0 Å². The molecule has 1 amide bonds. The lowest BCUT2D eigenvalue weighted by Crippen LogP contribution is -2.36. The smallest absolute Gasteiger partial charge is 0.240 e. The summed E-state index contributed by atoms with van der Waals surface area (Å²) in [7, 11) is -3.52. The van der Waals surface area contributed by atoms with Gasteiger partial charge in [-0.15, -0.1) is 12.4 Å². The molecule has 0 radical (unpaired) electrons. The largest absolute Gasteiger partial charge is 0.326 e. The van der Waals surface area contributed by atoms with Crippen LogP contribution in [0.5, 0.6) is 0 Å². The summed E-state index contributed by atoms with van der Waals surface area (Å²) in [5, 5.41) is 6.05. The SMILES string of the molecule is CC(=O)Nc1ccc(S(=O)(=O)NCCNC2CCCCCC2)cc1.Cl. The monoisotopic (exact) mass is 389 g/mol. The minimum atomic E-state index is -3.52. The summed E-state index contributed by atoms with van der Waals surface area (Å²) in [6.45, 7) is 2.41. The Morgan fingerprint density at radius 3 is 2.20 bits per heavy atom. The van der Waals surface area contributed by atoms with Crippen molar-refractivity contribution >= 4 is 34.0 Å². The van der Waals surface area contributed by atoms with Gasteiger partial charge >= 0.3 is 0 Å². The second-order valence-corrected chi connectivity index (χ2v) is 8.01. The van der Waals surface area contributed by atoms with Crippen LogP contribution in [0.2, 0.25) is 0 Å². The average Bonchev–Trinajstić information content (AvgIpc) is 2.80. The van der Waals surface area contributed by atoms with Crippen molar-refractivity contribution in [1.29, 1.82) is 0 Å². The number of amides is 1. The normalized spacial score (nSPS) is 15.9. The van der Waals surface area contributed by atoms with Crippen LogP contribution in [0.1, 0.15) is 45.4 Å². The Morgan fingerprint density at radius 1 is 1.04 bits per heavy atom. The second kappa shape index (κ2) is 10.8. The fourth-order valence-electron chi connectivity index (χ4n) is 2.95. The van der Waals surface area contributed by atoms with E-state index in [0.29, 0.717) is 24.8 Å². The van der Waals surface area contributed by atoms with Crippen LogP contribution in [0.15, 0.2) is 29.2 Å². The van der Waals surface area contributed by atoms with Gasteiger partial charge in [-0.05, 0) is 37.1 Å². The Balaban J connectivity index is 0.00000312. The molecule has 0 spiro atoms. The number of rotatable bonds is 7. The first-order chi connectivity index (χ1) is 11.5. The highest BCUT2D eigenvalue weighted by atomic mass is 35.5. The van der Waals surface area contributed by atoms with Crippen molar-refractivity contribution in [3.8, 4) is 0 Å². The van der Waals surface area contributed by atoms with Gasteiger partial charge in [0.25, 0.3) is 0 Å². The summed E-state index contributed by atoms with van der Waals surface area (Å²) < 4.78 is 27.1. The zero-order valence-electron chi connectivity index (χ0n) is 14.6. The summed E-state index contributed by atoms with van der Waals surface area (Å²) in [6, 6.07) is 6.66. The van der Waals surface area contributed by atoms with Gasteiger partial charge in [-0.2, -0.15) is 0 Å². The van der Waals surface area contributed by atoms with E-state index in [2.05, 4.69) is 15.4 Å². The number of hydrogen-bond donors (Lipinski definition) is 3. The predicted molar refractivity (Wildman–Crippen MR) is 103 cm³/mol. The van der Waals surface area contributed by atoms with E-state index in [9.17, 15) is 13.2 Å². The van der Waals surface area contributed by atoms with Crippen molar-refractivity contribution in [2.45, 2.75) is 56.4 Å². The maximum Gasteiger partial charge on any atom is 0.240 e. The molecule has 142 valence electrons. The molecule has 6 nitrogen and oxygen atoms in total. The Labute approximate surface area is 156 Å². The molecular formula is C17H28ClN3O3S. The highest BCUT2D eigenvalue weighted by Gasteiger charge is 2.14. The van der Waals surface area contributed by atoms with Crippen molar-refractivity contribution in [3.05, 3.63) is 24.3 Å². The lowest BCUT2D eigenvalue weighted by Gasteiger charge is -2.16. The van der Waals surface area contributed by atoms with E-state index in [1.807, 2.05) is 0 Å². The zero-order valence-corrected chi connectivity index (χ0v) is 16.2. The minimum Gasteiger partial charge on any atom is -0.326 e. The Kier molecular flexibility index (Phi) is 9.42. The molecule has 2 rings (SSSR count). The fourth-order valence-corrected chi connectivity index (χ4v) is 3.98. The molecule has 0 aliphatic heterocycles. The van der Waals surface area contributed by atoms with E-state index in [1.54, 1.807) is 12.1 Å². The van der Waals surface area contributed by atoms with Gasteiger partial charge in [0, 0.05) is 31.7 Å². The molecule has 1 aliphatic rings. The van der Waals surface area contributed by atoms with Crippen LogP contribution in [0, 0.1) is 0 Å². The van der Waals surface area contributed by atoms with Crippen molar-refractivity contribution in [1.82, 2.24) is 10.0 Å². The van der Waals surface area contributed by atoms with Gasteiger partial charge < -0.3 is 10.6 Å². The molecule has 0 atom stereocenters. The summed E-state index contributed by atoms with van der Waals surface area (Å²) in [6.07, 6.45) is 7.47. The van der Waals surface area contributed by atoms with Gasteiger partial charge in [-0.25, -0.2) is 13.1 Å². The van der Waals surface area contributed by atoms with Crippen LogP contribution in [-0.2, 0) is 14.8 Å². The molecule has 0 bridgehead atoms. The van der Waals surface area contributed by atoms with Crippen LogP contribution in [0.3, 0.4) is 0 Å². The average molecular weight is 390 g/mol. The van der Waals surface area contributed by atoms with Crippen LogP contribution < -0.4 is 15.4 Å². The first-order valence-electron chi connectivity index (χ1n) is 8.58. The van der Waals surface area contributed by atoms with Crippen LogP contribution in [0.25, 0.3) is 0 Å². The molecule has 1 aromatic carbocycles. The first kappa shape index (κ1) is 21.9. The zero-order chi connectivity index (χ0) is 17.4. The summed E-state index contributed by atoms with van der Waals surface area (Å²) in [4.78, 5) is 11.2. The third kappa shape index (κ3) is 7.73. The minimum absolute atomic E-state index is 0. The topological polar surface area (TPSA) is 87.3 Å². The van der Waals surface area contributed by atoms with E-state index in [0.717, 1.165) is 0 Å². The molecule has 1 aromatic rings. The van der Waals surface area contributed by atoms with Gasteiger partial charge in [0.1, 0.15) is 0 Å². The van der Waals surface area contributed by atoms with Crippen LogP contribution in [0.4, 0.5) is 5.69 Å². The standard InChI is InChI=1S/C17H27N3O3S.ClH/c1-14(21)20-16-8-10-17(11-9-16)24(22,23)19-13-12-18-15-6-4-2-3-5-7-15;/h8-11,15,18-19H,2-7,12-13H2,1H3,(H,20,21);1H. The van der Waals surface area contributed by atoms with E-state index in [-0.39, 0.29) is 23.2 Å². The first-order valence-corrected chi connectivity index (χ1v) is 10.1. The molecule has 0 aromatic heterocycles. The summed E-state index contributed by atoms with van der Waals surface area (Å²) in [5.41, 5.74) is 0.580. The molecule has 1 aliphatic carbocycles. The third-order valence-electron chi connectivity index (χ3n) is 4.19. The molecular weight excluding hydrogens is 362 g/mol. The van der Waals surface area contributed by atoms with E-state index in [1.165, 1.54) is 57.6 Å². The molecule has 25 heavy (non-hydrogen) atoms. The van der Waals surface area contributed by atoms with Gasteiger partial charge in [0.2, 0.25) is 15.9 Å². The number of sulfonamides is 1. The summed E-state index contributed by atoms with van der Waals surface area (Å²) >= 11 is 0. The molecule has 0 heterocycles. The Bertz CT molecular complexity index is 627. The molecule has 1 saturated carbocycles. The lowest BCUT2D eigenvalue weighted by molar-refractivity contribution is -0.114. The fraction of sp³-hybridized carbons (Fsp3) is 0.588. The highest BCUT2D eigenvalue weighted by molar-refractivity contribution is 7.89. The maximum absolute atomic E-state index is 12.2. The molecule has 1 fully saturated rings. The Morgan fingerprint density at radius 2 is 1.64 bits per heavy atom. The maximum atomic E-state index is 12.2. The summed E-state index contributed by atoms with van der Waals surface area (Å²) in [5.74, 6) is -0.187. The van der Waals surface area contributed by atoms with Gasteiger partial charge in [0.15, 0.2) is 0 Å². The molecule has 0 unspecified atom stereocenters. The number of carbonyl (C=O) groups is 1. The number of halogens is 1.